The Hall–Kier alpha value is -3.16. The molecule has 0 aliphatic rings. The van der Waals surface area contributed by atoms with E-state index in [1.165, 1.54) is 6.20 Å². The van der Waals surface area contributed by atoms with E-state index >= 15 is 0 Å². The van der Waals surface area contributed by atoms with Crippen molar-refractivity contribution < 1.29 is 19.7 Å². The van der Waals surface area contributed by atoms with E-state index < -0.39 is 18.3 Å². The van der Waals surface area contributed by atoms with Crippen LogP contribution in [0.2, 0.25) is 0 Å². The number of rotatable bonds is 7. The van der Waals surface area contributed by atoms with Crippen molar-refractivity contribution in [2.24, 2.45) is 0 Å². The first-order valence-corrected chi connectivity index (χ1v) is 8.54. The summed E-state index contributed by atoms with van der Waals surface area (Å²) in [6.45, 7) is -0.0134. The summed E-state index contributed by atoms with van der Waals surface area (Å²) in [6.07, 6.45) is 0.0793. The minimum absolute atomic E-state index is 0.134. The highest BCUT2D eigenvalue weighted by Gasteiger charge is 2.21. The van der Waals surface area contributed by atoms with Gasteiger partial charge in [-0.25, -0.2) is 9.48 Å². The van der Waals surface area contributed by atoms with Crippen LogP contribution in [-0.2, 0) is 11.3 Å². The molecule has 3 rings (SSSR count). The number of aliphatic hydroxyl groups is 2. The van der Waals surface area contributed by atoms with Crippen LogP contribution >= 0.6 is 0 Å². The van der Waals surface area contributed by atoms with Gasteiger partial charge in [-0.15, -0.1) is 0 Å². The van der Waals surface area contributed by atoms with E-state index in [4.69, 9.17) is 4.74 Å². The van der Waals surface area contributed by atoms with Gasteiger partial charge < -0.3 is 20.3 Å². The Balaban J connectivity index is 1.48. The van der Waals surface area contributed by atoms with Crippen molar-refractivity contribution >= 4 is 6.09 Å². The lowest BCUT2D eigenvalue weighted by Gasteiger charge is -2.17. The van der Waals surface area contributed by atoms with E-state index in [0.717, 1.165) is 11.3 Å². The molecule has 1 aromatic heterocycles. The van der Waals surface area contributed by atoms with E-state index in [2.05, 4.69) is 10.4 Å². The SMILES string of the molecule is O=C(NCC(O)C(O)c1cnn(-c2ccccc2)c1)OCc1ccccc1. The monoisotopic (exact) mass is 367 g/mol. The van der Waals surface area contributed by atoms with Gasteiger partial charge in [0.25, 0.3) is 0 Å². The van der Waals surface area contributed by atoms with Gasteiger partial charge in [-0.05, 0) is 17.7 Å². The molecule has 140 valence electrons. The van der Waals surface area contributed by atoms with Crippen LogP contribution in [0.1, 0.15) is 17.2 Å². The van der Waals surface area contributed by atoms with Crippen molar-refractivity contribution in [3.63, 3.8) is 0 Å². The normalized spacial score (nSPS) is 13.0. The number of nitrogens with zero attached hydrogens (tertiary/aromatic N) is 2. The highest BCUT2D eigenvalue weighted by Crippen LogP contribution is 2.17. The third-order valence-corrected chi connectivity index (χ3v) is 4.00. The number of hydrogen-bond donors (Lipinski definition) is 3. The molecule has 0 radical (unpaired) electrons. The van der Waals surface area contributed by atoms with Crippen molar-refractivity contribution in [3.8, 4) is 5.69 Å². The van der Waals surface area contributed by atoms with E-state index in [0.29, 0.717) is 5.56 Å². The summed E-state index contributed by atoms with van der Waals surface area (Å²) < 4.78 is 6.67. The van der Waals surface area contributed by atoms with E-state index in [-0.39, 0.29) is 13.2 Å². The number of hydrogen-bond acceptors (Lipinski definition) is 5. The number of carbonyl (C=O) groups is 1. The van der Waals surface area contributed by atoms with Gasteiger partial charge in [0.2, 0.25) is 0 Å². The van der Waals surface area contributed by atoms with Crippen LogP contribution in [0.4, 0.5) is 4.79 Å². The number of benzene rings is 2. The minimum atomic E-state index is -1.19. The van der Waals surface area contributed by atoms with E-state index in [1.54, 1.807) is 10.9 Å². The molecule has 1 amide bonds. The second-order valence-electron chi connectivity index (χ2n) is 6.01. The van der Waals surface area contributed by atoms with Gasteiger partial charge in [0.1, 0.15) is 18.8 Å². The zero-order chi connectivity index (χ0) is 19.1. The number of aliphatic hydroxyl groups excluding tert-OH is 2. The van der Waals surface area contributed by atoms with Crippen molar-refractivity contribution in [2.45, 2.75) is 18.8 Å². The number of nitrogens with one attached hydrogen (secondary N) is 1. The number of amides is 1. The predicted molar refractivity (Wildman–Crippen MR) is 99.2 cm³/mol. The third kappa shape index (κ3) is 5.16. The van der Waals surface area contributed by atoms with E-state index in [9.17, 15) is 15.0 Å². The molecule has 0 bridgehead atoms. The summed E-state index contributed by atoms with van der Waals surface area (Å²) in [6, 6.07) is 18.7. The zero-order valence-electron chi connectivity index (χ0n) is 14.6. The Labute approximate surface area is 156 Å². The van der Waals surface area contributed by atoms with Gasteiger partial charge in [0.15, 0.2) is 0 Å². The maximum absolute atomic E-state index is 11.7. The van der Waals surface area contributed by atoms with Crippen LogP contribution in [0.3, 0.4) is 0 Å². The number of ether oxygens (including phenoxy) is 1. The molecule has 1 heterocycles. The van der Waals surface area contributed by atoms with Crippen molar-refractivity contribution in [3.05, 3.63) is 84.2 Å². The molecule has 0 saturated carbocycles. The molecule has 2 unspecified atom stereocenters. The smallest absolute Gasteiger partial charge is 0.407 e. The fourth-order valence-electron chi connectivity index (χ4n) is 2.51. The summed E-state index contributed by atoms with van der Waals surface area (Å²) in [5.41, 5.74) is 2.15. The first-order chi connectivity index (χ1) is 13.1. The summed E-state index contributed by atoms with van der Waals surface area (Å²) >= 11 is 0. The van der Waals surface area contributed by atoms with Crippen LogP contribution in [0.5, 0.6) is 0 Å². The minimum Gasteiger partial charge on any atom is -0.445 e. The Bertz CT molecular complexity index is 852. The van der Waals surface area contributed by atoms with Crippen molar-refractivity contribution in [2.75, 3.05) is 6.54 Å². The lowest BCUT2D eigenvalue weighted by Crippen LogP contribution is -2.35. The average Bonchev–Trinajstić information content (AvgIpc) is 3.21. The molecule has 2 aromatic carbocycles. The van der Waals surface area contributed by atoms with Crippen LogP contribution in [0.15, 0.2) is 73.1 Å². The molecule has 0 spiro atoms. The highest BCUT2D eigenvalue weighted by atomic mass is 16.5. The molecule has 0 saturated heterocycles. The van der Waals surface area contributed by atoms with Gasteiger partial charge in [-0.3, -0.25) is 0 Å². The molecule has 3 aromatic rings. The van der Waals surface area contributed by atoms with Crippen molar-refractivity contribution in [1.82, 2.24) is 15.1 Å². The molecule has 7 heteroatoms. The Morgan fingerprint density at radius 1 is 1.07 bits per heavy atom. The largest absolute Gasteiger partial charge is 0.445 e. The van der Waals surface area contributed by atoms with Crippen molar-refractivity contribution in [1.29, 1.82) is 0 Å². The van der Waals surface area contributed by atoms with Gasteiger partial charge in [-0.2, -0.15) is 5.10 Å². The van der Waals surface area contributed by atoms with Gasteiger partial charge >= 0.3 is 6.09 Å². The first kappa shape index (κ1) is 18.6. The lowest BCUT2D eigenvalue weighted by atomic mass is 10.1. The summed E-state index contributed by atoms with van der Waals surface area (Å²) in [7, 11) is 0. The molecule has 0 aliphatic heterocycles. The first-order valence-electron chi connectivity index (χ1n) is 8.54. The van der Waals surface area contributed by atoms with Gasteiger partial charge in [0.05, 0.1) is 11.9 Å². The Kier molecular flexibility index (Phi) is 6.19. The topological polar surface area (TPSA) is 96.6 Å². The molecule has 7 nitrogen and oxygen atoms in total. The quantitative estimate of drug-likeness (QED) is 0.595. The molecular formula is C20H21N3O4. The molecule has 27 heavy (non-hydrogen) atoms. The Morgan fingerprint density at radius 3 is 2.44 bits per heavy atom. The molecule has 0 fully saturated rings. The highest BCUT2D eigenvalue weighted by molar-refractivity contribution is 5.67. The zero-order valence-corrected chi connectivity index (χ0v) is 14.6. The number of alkyl carbamates (subject to hydrolysis) is 1. The molecule has 0 aliphatic carbocycles. The standard InChI is InChI=1S/C20H21N3O4/c24-18(12-21-20(26)27-14-15-7-3-1-4-8-15)19(25)16-11-22-23(13-16)17-9-5-2-6-10-17/h1-11,13,18-19,24-25H,12,14H2,(H,21,26). The average molecular weight is 367 g/mol. The second kappa shape index (κ2) is 8.98. The van der Waals surface area contributed by atoms with Gasteiger partial charge in [-0.1, -0.05) is 48.5 Å². The fraction of sp³-hybridized carbons (Fsp3) is 0.200. The second-order valence-corrected chi connectivity index (χ2v) is 6.01. The number of carbonyl (C=O) groups excluding carboxylic acids is 1. The number of aromatic nitrogens is 2. The van der Waals surface area contributed by atoms with Crippen LogP contribution < -0.4 is 5.32 Å². The van der Waals surface area contributed by atoms with Crippen LogP contribution in [0, 0.1) is 0 Å². The predicted octanol–water partition coefficient (Wildman–Crippen LogP) is 2.19. The number of para-hydroxylation sites is 1. The molecular weight excluding hydrogens is 346 g/mol. The maximum Gasteiger partial charge on any atom is 0.407 e. The van der Waals surface area contributed by atoms with Crippen LogP contribution in [-0.4, -0.2) is 38.7 Å². The maximum atomic E-state index is 11.7. The van der Waals surface area contributed by atoms with Crippen LogP contribution in [0.25, 0.3) is 5.69 Å². The summed E-state index contributed by atoms with van der Waals surface area (Å²) in [4.78, 5) is 11.7. The van der Waals surface area contributed by atoms with E-state index in [1.807, 2.05) is 60.7 Å². The third-order valence-electron chi connectivity index (χ3n) is 4.00. The van der Waals surface area contributed by atoms with Gasteiger partial charge in [0, 0.05) is 18.3 Å². The molecule has 2 atom stereocenters. The summed E-state index contributed by atoms with van der Waals surface area (Å²) in [5, 5.41) is 27.0. The summed E-state index contributed by atoms with van der Waals surface area (Å²) in [5.74, 6) is 0. The Morgan fingerprint density at radius 2 is 1.74 bits per heavy atom. The molecule has 3 N–H and O–H groups in total. The lowest BCUT2D eigenvalue weighted by molar-refractivity contribution is 0.0184. The fourth-order valence-corrected chi connectivity index (χ4v) is 2.51.